The summed E-state index contributed by atoms with van der Waals surface area (Å²) < 4.78 is 7.03. The largest absolute Gasteiger partial charge is 0.459 e. The molecule has 1 aromatic carbocycles. The van der Waals surface area contributed by atoms with Gasteiger partial charge < -0.3 is 15.8 Å². The van der Waals surface area contributed by atoms with Gasteiger partial charge in [0.05, 0.1) is 39.0 Å². The van der Waals surface area contributed by atoms with Crippen LogP contribution < -0.4 is 11.1 Å². The number of carbonyl (C=O) groups is 3. The normalized spacial score (nSPS) is 11.1. The monoisotopic (exact) mass is 491 g/mol. The summed E-state index contributed by atoms with van der Waals surface area (Å²) in [6.07, 6.45) is 1.47. The van der Waals surface area contributed by atoms with Crippen LogP contribution in [0.15, 0.2) is 36.5 Å². The maximum atomic E-state index is 13.6. The number of aryl methyl sites for hydroxylation is 2. The molecule has 2 amide bonds. The van der Waals surface area contributed by atoms with Crippen molar-refractivity contribution in [1.29, 1.82) is 0 Å². The Morgan fingerprint density at radius 2 is 1.89 bits per heavy atom. The molecule has 0 aliphatic carbocycles. The number of amides is 2. The van der Waals surface area contributed by atoms with E-state index in [1.807, 2.05) is 38.4 Å². The molecule has 180 valence electrons. The lowest BCUT2D eigenvalue weighted by Gasteiger charge is -2.12. The Morgan fingerprint density at radius 1 is 1.17 bits per heavy atom. The van der Waals surface area contributed by atoms with Gasteiger partial charge in [0, 0.05) is 24.2 Å². The summed E-state index contributed by atoms with van der Waals surface area (Å²) in [5.41, 5.74) is 9.17. The minimum absolute atomic E-state index is 0.118. The van der Waals surface area contributed by atoms with Gasteiger partial charge in [-0.3, -0.25) is 14.3 Å². The van der Waals surface area contributed by atoms with Gasteiger partial charge in [0.25, 0.3) is 11.8 Å². The van der Waals surface area contributed by atoms with Crippen LogP contribution in [0.4, 0.5) is 5.00 Å². The maximum Gasteiger partial charge on any atom is 0.341 e. The second-order valence-corrected chi connectivity index (χ2v) is 9.43. The quantitative estimate of drug-likeness (QED) is 0.388. The Bertz CT molecular complexity index is 1480. The average Bonchev–Trinajstić information content (AvgIpc) is 3.30. The SMILES string of the molecule is Cc1nn(C)cc1-c1cc(C(=O)Nc2sc(C(N)=O)c(C)c2C(=O)OC(C)C)c2ccccc2n1. The fraction of sp³-hybridized carbons (Fsp3) is 0.240. The number of nitrogens with zero attached hydrogens (tertiary/aromatic N) is 3. The molecule has 35 heavy (non-hydrogen) atoms. The minimum atomic E-state index is -0.685. The standard InChI is InChI=1S/C25H25N5O4S/c1-12(2)34-25(33)20-13(3)21(22(26)31)35-24(20)28-23(32)16-10-19(17-11-30(5)29-14(17)4)27-18-9-7-6-8-15(16)18/h6-12H,1-5H3,(H2,26,31)(H,28,32). The zero-order chi connectivity index (χ0) is 25.4. The lowest BCUT2D eigenvalue weighted by Crippen LogP contribution is -2.17. The second kappa shape index (κ2) is 9.30. The molecule has 0 spiro atoms. The molecular weight excluding hydrogens is 466 g/mol. The van der Waals surface area contributed by atoms with E-state index in [1.54, 1.807) is 37.6 Å². The fourth-order valence-corrected chi connectivity index (χ4v) is 4.92. The van der Waals surface area contributed by atoms with E-state index in [2.05, 4.69) is 10.4 Å². The summed E-state index contributed by atoms with van der Waals surface area (Å²) in [6.45, 7) is 6.92. The van der Waals surface area contributed by atoms with Crippen molar-refractivity contribution < 1.29 is 19.1 Å². The molecule has 3 aromatic heterocycles. The first-order valence-corrected chi connectivity index (χ1v) is 11.7. The molecule has 0 saturated carbocycles. The van der Waals surface area contributed by atoms with Crippen LogP contribution in [0.1, 0.15) is 55.5 Å². The Morgan fingerprint density at radius 3 is 2.51 bits per heavy atom. The maximum absolute atomic E-state index is 13.6. The summed E-state index contributed by atoms with van der Waals surface area (Å²) in [7, 11) is 1.82. The van der Waals surface area contributed by atoms with Crippen LogP contribution in [0.5, 0.6) is 0 Å². The molecule has 0 bridgehead atoms. The molecule has 4 aromatic rings. The number of thiophene rings is 1. The molecule has 0 atom stereocenters. The molecule has 9 nitrogen and oxygen atoms in total. The Hall–Kier alpha value is -4.05. The fourth-order valence-electron chi connectivity index (χ4n) is 3.88. The zero-order valence-electron chi connectivity index (χ0n) is 20.0. The predicted octanol–water partition coefficient (Wildman–Crippen LogP) is 4.23. The molecule has 0 unspecified atom stereocenters. The molecule has 0 radical (unpaired) electrons. The van der Waals surface area contributed by atoms with Crippen LogP contribution in [0.25, 0.3) is 22.2 Å². The molecular formula is C25H25N5O4S. The highest BCUT2D eigenvalue weighted by Gasteiger charge is 2.27. The van der Waals surface area contributed by atoms with Gasteiger partial charge >= 0.3 is 5.97 Å². The number of carbonyl (C=O) groups excluding carboxylic acids is 3. The summed E-state index contributed by atoms with van der Waals surface area (Å²) in [5.74, 6) is -1.78. The average molecular weight is 492 g/mol. The van der Waals surface area contributed by atoms with Crippen molar-refractivity contribution in [3.05, 3.63) is 63.8 Å². The number of benzene rings is 1. The Labute approximate surface area is 205 Å². The van der Waals surface area contributed by atoms with Crippen LogP contribution in [-0.4, -0.2) is 38.7 Å². The van der Waals surface area contributed by atoms with E-state index in [0.29, 0.717) is 27.7 Å². The van der Waals surface area contributed by atoms with Crippen LogP contribution in [0.3, 0.4) is 0 Å². The van der Waals surface area contributed by atoms with E-state index in [-0.39, 0.29) is 21.5 Å². The van der Waals surface area contributed by atoms with Gasteiger partial charge in [-0.1, -0.05) is 18.2 Å². The third kappa shape index (κ3) is 4.65. The lowest BCUT2D eigenvalue weighted by atomic mass is 10.0. The molecule has 0 aliphatic rings. The second-order valence-electron chi connectivity index (χ2n) is 8.41. The van der Waals surface area contributed by atoms with Crippen molar-refractivity contribution in [2.45, 2.75) is 33.8 Å². The van der Waals surface area contributed by atoms with Gasteiger partial charge in [0.15, 0.2) is 0 Å². The Balaban J connectivity index is 1.82. The number of primary amides is 1. The zero-order valence-corrected chi connectivity index (χ0v) is 20.8. The van der Waals surface area contributed by atoms with E-state index < -0.39 is 17.8 Å². The molecule has 0 saturated heterocycles. The predicted molar refractivity (Wildman–Crippen MR) is 135 cm³/mol. The van der Waals surface area contributed by atoms with Gasteiger partial charge in [-0.2, -0.15) is 5.10 Å². The number of rotatable bonds is 6. The van der Waals surface area contributed by atoms with Crippen molar-refractivity contribution in [2.24, 2.45) is 12.8 Å². The minimum Gasteiger partial charge on any atom is -0.459 e. The van der Waals surface area contributed by atoms with Crippen LogP contribution >= 0.6 is 11.3 Å². The number of ether oxygens (including phenoxy) is 1. The van der Waals surface area contributed by atoms with Crippen LogP contribution in [-0.2, 0) is 11.8 Å². The van der Waals surface area contributed by atoms with E-state index in [9.17, 15) is 14.4 Å². The van der Waals surface area contributed by atoms with Gasteiger partial charge in [0.2, 0.25) is 0 Å². The van der Waals surface area contributed by atoms with Crippen molar-refractivity contribution in [1.82, 2.24) is 14.8 Å². The van der Waals surface area contributed by atoms with Crippen molar-refractivity contribution in [2.75, 3.05) is 5.32 Å². The summed E-state index contributed by atoms with van der Waals surface area (Å²) in [4.78, 5) is 43.2. The van der Waals surface area contributed by atoms with Crippen LogP contribution in [0, 0.1) is 13.8 Å². The van der Waals surface area contributed by atoms with Gasteiger partial charge in [-0.15, -0.1) is 11.3 Å². The number of esters is 1. The first-order valence-electron chi connectivity index (χ1n) is 10.9. The number of aromatic nitrogens is 3. The van der Waals surface area contributed by atoms with E-state index >= 15 is 0 Å². The first-order chi connectivity index (χ1) is 16.6. The van der Waals surface area contributed by atoms with Crippen molar-refractivity contribution >= 4 is 45.0 Å². The number of nitrogens with two attached hydrogens (primary N) is 1. The van der Waals surface area contributed by atoms with Crippen LogP contribution in [0.2, 0.25) is 0 Å². The molecule has 0 fully saturated rings. The molecule has 3 heterocycles. The first kappa shape index (κ1) is 24.1. The molecule has 4 rings (SSSR count). The third-order valence-electron chi connectivity index (χ3n) is 5.39. The number of hydrogen-bond donors (Lipinski definition) is 2. The van der Waals surface area contributed by atoms with E-state index in [1.165, 1.54) is 0 Å². The summed E-state index contributed by atoms with van der Waals surface area (Å²) >= 11 is 0.948. The van der Waals surface area contributed by atoms with Gasteiger partial charge in [0.1, 0.15) is 5.00 Å². The topological polar surface area (TPSA) is 129 Å². The third-order valence-corrected chi connectivity index (χ3v) is 6.62. The lowest BCUT2D eigenvalue weighted by molar-refractivity contribution is 0.0379. The van der Waals surface area contributed by atoms with Crippen molar-refractivity contribution in [3.8, 4) is 11.3 Å². The molecule has 3 N–H and O–H groups in total. The smallest absolute Gasteiger partial charge is 0.341 e. The number of para-hydroxylation sites is 1. The molecule has 0 aliphatic heterocycles. The highest BCUT2D eigenvalue weighted by atomic mass is 32.1. The summed E-state index contributed by atoms with van der Waals surface area (Å²) in [6, 6.07) is 9.00. The number of pyridine rings is 1. The van der Waals surface area contributed by atoms with E-state index in [4.69, 9.17) is 15.5 Å². The van der Waals surface area contributed by atoms with Gasteiger partial charge in [-0.05, 0) is 45.4 Å². The van der Waals surface area contributed by atoms with Crippen molar-refractivity contribution in [3.63, 3.8) is 0 Å². The van der Waals surface area contributed by atoms with Gasteiger partial charge in [-0.25, -0.2) is 9.78 Å². The number of anilines is 1. The highest BCUT2D eigenvalue weighted by Crippen LogP contribution is 2.35. The van der Waals surface area contributed by atoms with E-state index in [0.717, 1.165) is 22.6 Å². The number of fused-ring (bicyclic) bond motifs is 1. The number of hydrogen-bond acceptors (Lipinski definition) is 7. The summed E-state index contributed by atoms with van der Waals surface area (Å²) in [5, 5.41) is 8.03. The molecule has 10 heteroatoms. The number of nitrogens with one attached hydrogen (secondary N) is 1. The highest BCUT2D eigenvalue weighted by molar-refractivity contribution is 7.18. The Kier molecular flexibility index (Phi) is 6.40.